The van der Waals surface area contributed by atoms with Crippen LogP contribution in [0.5, 0.6) is 0 Å². The average molecular weight is 152 g/mol. The fourth-order valence-corrected chi connectivity index (χ4v) is 0.885. The molecule has 0 spiro atoms. The lowest BCUT2D eigenvalue weighted by Crippen LogP contribution is -2.17. The van der Waals surface area contributed by atoms with E-state index in [1.165, 1.54) is 10.6 Å². The third-order valence-electron chi connectivity index (χ3n) is 1.63. The van der Waals surface area contributed by atoms with Crippen molar-refractivity contribution in [2.24, 2.45) is 12.8 Å². The van der Waals surface area contributed by atoms with Crippen LogP contribution in [0.25, 0.3) is 0 Å². The van der Waals surface area contributed by atoms with E-state index < -0.39 is 0 Å². The summed E-state index contributed by atoms with van der Waals surface area (Å²) in [6.45, 7) is 1.89. The number of hydrogen-bond acceptors (Lipinski definition) is 2. The van der Waals surface area contributed by atoms with Gasteiger partial charge in [0.25, 0.3) is 0 Å². The zero-order valence-electron chi connectivity index (χ0n) is 6.74. The molecule has 1 rings (SSSR count). The summed E-state index contributed by atoms with van der Waals surface area (Å²) in [7, 11) is 1.72. The first-order chi connectivity index (χ1) is 5.11. The Morgan fingerprint density at radius 1 is 1.55 bits per heavy atom. The Kier molecular flexibility index (Phi) is 2.10. The Morgan fingerprint density at radius 2 is 2.18 bits per heavy atom. The van der Waals surface area contributed by atoms with E-state index in [0.717, 1.165) is 5.56 Å². The van der Waals surface area contributed by atoms with Crippen molar-refractivity contribution in [2.75, 3.05) is 0 Å². The predicted molar refractivity (Wildman–Crippen MR) is 44.3 cm³/mol. The second-order valence-corrected chi connectivity index (χ2v) is 2.70. The van der Waals surface area contributed by atoms with Gasteiger partial charge in [-0.15, -0.1) is 0 Å². The lowest BCUT2D eigenvalue weighted by Gasteiger charge is -2.05. The maximum atomic E-state index is 10.9. The molecule has 1 unspecified atom stereocenters. The molecule has 0 aliphatic carbocycles. The highest BCUT2D eigenvalue weighted by atomic mass is 16.1. The maximum absolute atomic E-state index is 10.9. The van der Waals surface area contributed by atoms with Crippen LogP contribution < -0.4 is 11.3 Å². The number of aromatic nitrogens is 1. The van der Waals surface area contributed by atoms with Crippen LogP contribution in [0.4, 0.5) is 0 Å². The quantitative estimate of drug-likeness (QED) is 0.633. The molecule has 1 heterocycles. The van der Waals surface area contributed by atoms with Crippen LogP contribution in [-0.4, -0.2) is 4.57 Å². The number of hydrogen-bond donors (Lipinski definition) is 1. The highest BCUT2D eigenvalue weighted by Gasteiger charge is 1.98. The molecule has 0 amide bonds. The third kappa shape index (κ3) is 1.68. The molecule has 3 heteroatoms. The molecular formula is C8H12N2O. The van der Waals surface area contributed by atoms with Crippen molar-refractivity contribution in [3.05, 3.63) is 34.2 Å². The van der Waals surface area contributed by atoms with E-state index in [1.54, 1.807) is 19.3 Å². The van der Waals surface area contributed by atoms with Crippen LogP contribution in [0.1, 0.15) is 18.5 Å². The van der Waals surface area contributed by atoms with Crippen LogP contribution in [0.15, 0.2) is 23.1 Å². The minimum atomic E-state index is -0.0122. The summed E-state index contributed by atoms with van der Waals surface area (Å²) < 4.78 is 1.53. The van der Waals surface area contributed by atoms with Crippen molar-refractivity contribution in [3.63, 3.8) is 0 Å². The minimum Gasteiger partial charge on any atom is -0.324 e. The minimum absolute atomic E-state index is 0.00519. The van der Waals surface area contributed by atoms with Gasteiger partial charge in [-0.25, -0.2) is 0 Å². The van der Waals surface area contributed by atoms with E-state index in [2.05, 4.69) is 0 Å². The average Bonchev–Trinajstić information content (AvgIpc) is 1.94. The van der Waals surface area contributed by atoms with Gasteiger partial charge < -0.3 is 10.3 Å². The topological polar surface area (TPSA) is 48.0 Å². The number of nitrogens with zero attached hydrogens (tertiary/aromatic N) is 1. The molecule has 0 saturated carbocycles. The maximum Gasteiger partial charge on any atom is 0.250 e. The molecule has 3 nitrogen and oxygen atoms in total. The molecule has 1 atom stereocenters. The van der Waals surface area contributed by atoms with Crippen molar-refractivity contribution in [1.29, 1.82) is 0 Å². The van der Waals surface area contributed by atoms with Gasteiger partial charge in [0, 0.05) is 25.4 Å². The zero-order chi connectivity index (χ0) is 8.43. The number of rotatable bonds is 1. The summed E-state index contributed by atoms with van der Waals surface area (Å²) in [6, 6.07) is 3.27. The summed E-state index contributed by atoms with van der Waals surface area (Å²) >= 11 is 0. The number of nitrogens with two attached hydrogens (primary N) is 1. The molecule has 0 bridgehead atoms. The van der Waals surface area contributed by atoms with Crippen molar-refractivity contribution >= 4 is 0 Å². The fraction of sp³-hybridized carbons (Fsp3) is 0.375. The first-order valence-electron chi connectivity index (χ1n) is 3.53. The highest BCUT2D eigenvalue weighted by molar-refractivity contribution is 5.13. The monoisotopic (exact) mass is 152 g/mol. The van der Waals surface area contributed by atoms with Crippen molar-refractivity contribution in [1.82, 2.24) is 4.57 Å². The van der Waals surface area contributed by atoms with Crippen LogP contribution >= 0.6 is 0 Å². The van der Waals surface area contributed by atoms with Crippen LogP contribution in [0, 0.1) is 0 Å². The number of aryl methyl sites for hydroxylation is 1. The lowest BCUT2D eigenvalue weighted by molar-refractivity contribution is 0.770. The summed E-state index contributed by atoms with van der Waals surface area (Å²) in [5.74, 6) is 0. The molecule has 0 aliphatic rings. The molecule has 11 heavy (non-hydrogen) atoms. The standard InChI is InChI=1S/C8H12N2O/c1-6(9)7-3-4-8(11)10(2)5-7/h3-6H,9H2,1-2H3. The Balaban J connectivity index is 3.15. The molecule has 0 saturated heterocycles. The van der Waals surface area contributed by atoms with Gasteiger partial charge >= 0.3 is 0 Å². The molecule has 1 aromatic rings. The van der Waals surface area contributed by atoms with E-state index in [0.29, 0.717) is 0 Å². The Hall–Kier alpha value is -1.09. The van der Waals surface area contributed by atoms with Gasteiger partial charge in [-0.2, -0.15) is 0 Å². The fourth-order valence-electron chi connectivity index (χ4n) is 0.885. The van der Waals surface area contributed by atoms with Gasteiger partial charge in [0.05, 0.1) is 0 Å². The predicted octanol–water partition coefficient (Wildman–Crippen LogP) is 0.405. The second-order valence-electron chi connectivity index (χ2n) is 2.70. The number of pyridine rings is 1. The molecule has 1 aromatic heterocycles. The van der Waals surface area contributed by atoms with Crippen molar-refractivity contribution in [2.45, 2.75) is 13.0 Å². The van der Waals surface area contributed by atoms with Gasteiger partial charge in [0.15, 0.2) is 0 Å². The van der Waals surface area contributed by atoms with E-state index in [9.17, 15) is 4.79 Å². The van der Waals surface area contributed by atoms with Crippen molar-refractivity contribution in [3.8, 4) is 0 Å². The summed E-state index contributed by atoms with van der Waals surface area (Å²) in [5.41, 5.74) is 6.59. The van der Waals surface area contributed by atoms with Crippen LogP contribution in [-0.2, 0) is 7.05 Å². The molecular weight excluding hydrogens is 140 g/mol. The highest BCUT2D eigenvalue weighted by Crippen LogP contribution is 2.04. The SMILES string of the molecule is CC(N)c1ccc(=O)n(C)c1. The summed E-state index contributed by atoms with van der Waals surface area (Å²) in [4.78, 5) is 10.9. The summed E-state index contributed by atoms with van der Waals surface area (Å²) in [6.07, 6.45) is 1.76. The molecule has 0 radical (unpaired) electrons. The van der Waals surface area contributed by atoms with E-state index in [1.807, 2.05) is 6.92 Å². The smallest absolute Gasteiger partial charge is 0.250 e. The largest absolute Gasteiger partial charge is 0.324 e. The Morgan fingerprint density at radius 3 is 2.64 bits per heavy atom. The van der Waals surface area contributed by atoms with Gasteiger partial charge in [0.1, 0.15) is 0 Å². The van der Waals surface area contributed by atoms with E-state index in [-0.39, 0.29) is 11.6 Å². The van der Waals surface area contributed by atoms with Gasteiger partial charge in [0.2, 0.25) is 5.56 Å². The van der Waals surface area contributed by atoms with Crippen LogP contribution in [0.3, 0.4) is 0 Å². The third-order valence-corrected chi connectivity index (χ3v) is 1.63. The van der Waals surface area contributed by atoms with E-state index in [4.69, 9.17) is 5.73 Å². The first-order valence-corrected chi connectivity index (χ1v) is 3.53. The normalized spacial score (nSPS) is 13.0. The van der Waals surface area contributed by atoms with Crippen LogP contribution in [0.2, 0.25) is 0 Å². The Labute approximate surface area is 65.5 Å². The van der Waals surface area contributed by atoms with Gasteiger partial charge in [-0.05, 0) is 12.5 Å². The molecule has 0 aromatic carbocycles. The van der Waals surface area contributed by atoms with Gasteiger partial charge in [-0.1, -0.05) is 6.07 Å². The molecule has 60 valence electrons. The van der Waals surface area contributed by atoms with Crippen molar-refractivity contribution < 1.29 is 0 Å². The van der Waals surface area contributed by atoms with Gasteiger partial charge in [-0.3, -0.25) is 4.79 Å². The Bertz CT molecular complexity index is 301. The molecule has 0 aliphatic heterocycles. The molecule has 2 N–H and O–H groups in total. The lowest BCUT2D eigenvalue weighted by atomic mass is 10.2. The molecule has 0 fully saturated rings. The zero-order valence-corrected chi connectivity index (χ0v) is 6.74. The summed E-state index contributed by atoms with van der Waals surface area (Å²) in [5, 5.41) is 0. The second kappa shape index (κ2) is 2.88. The van der Waals surface area contributed by atoms with E-state index >= 15 is 0 Å². The first kappa shape index (κ1) is 8.01.